The van der Waals surface area contributed by atoms with Crippen LogP contribution in [0.2, 0.25) is 0 Å². The Balaban J connectivity index is 1.51. The smallest absolute Gasteiger partial charge is 0.259 e. The van der Waals surface area contributed by atoms with E-state index in [0.717, 1.165) is 5.56 Å². The summed E-state index contributed by atoms with van der Waals surface area (Å²) in [5.41, 5.74) is 3.17. The van der Waals surface area contributed by atoms with E-state index in [0.29, 0.717) is 30.3 Å². The third-order valence-electron chi connectivity index (χ3n) is 4.17. The minimum atomic E-state index is -0.0368. The van der Waals surface area contributed by atoms with Gasteiger partial charge in [0.2, 0.25) is 0 Å². The van der Waals surface area contributed by atoms with Gasteiger partial charge in [0.1, 0.15) is 17.5 Å². The van der Waals surface area contributed by atoms with Gasteiger partial charge in [0.25, 0.3) is 5.91 Å². The molecule has 0 spiro atoms. The van der Waals surface area contributed by atoms with Gasteiger partial charge in [0.05, 0.1) is 0 Å². The van der Waals surface area contributed by atoms with E-state index in [1.54, 1.807) is 6.20 Å². The van der Waals surface area contributed by atoms with Crippen LogP contribution in [0.15, 0.2) is 65.6 Å². The number of rotatable bonds is 3. The molecule has 5 nitrogen and oxygen atoms in total. The molecule has 23 heavy (non-hydrogen) atoms. The second kappa shape index (κ2) is 5.68. The van der Waals surface area contributed by atoms with Gasteiger partial charge in [0, 0.05) is 37.0 Å². The molecule has 114 valence electrons. The molecule has 0 N–H and O–H groups in total. The molecule has 5 heteroatoms. The highest BCUT2D eigenvalue weighted by atomic mass is 16.5. The summed E-state index contributed by atoms with van der Waals surface area (Å²) in [7, 11) is 0. The Hall–Kier alpha value is -2.95. The largest absolute Gasteiger partial charge is 0.363 e. The molecule has 1 amide bonds. The van der Waals surface area contributed by atoms with E-state index in [9.17, 15) is 4.79 Å². The number of pyridine rings is 1. The number of benzene rings is 1. The Morgan fingerprint density at radius 2 is 1.96 bits per heavy atom. The van der Waals surface area contributed by atoms with Gasteiger partial charge in [0.15, 0.2) is 0 Å². The molecule has 0 unspecified atom stereocenters. The van der Waals surface area contributed by atoms with Crippen molar-refractivity contribution in [3.8, 4) is 11.3 Å². The molecule has 1 aromatic carbocycles. The molecule has 1 saturated heterocycles. The van der Waals surface area contributed by atoms with Crippen LogP contribution in [0.5, 0.6) is 0 Å². The van der Waals surface area contributed by atoms with Crippen LogP contribution in [0.4, 0.5) is 0 Å². The van der Waals surface area contributed by atoms with Crippen molar-refractivity contribution in [3.05, 3.63) is 72.2 Å². The van der Waals surface area contributed by atoms with Crippen molar-refractivity contribution >= 4 is 5.91 Å². The highest BCUT2D eigenvalue weighted by Crippen LogP contribution is 2.30. The fourth-order valence-corrected chi connectivity index (χ4v) is 2.84. The number of hydrogen-bond donors (Lipinski definition) is 0. The zero-order valence-corrected chi connectivity index (χ0v) is 12.4. The molecule has 4 rings (SSSR count). The summed E-state index contributed by atoms with van der Waals surface area (Å²) in [6.07, 6.45) is 5.05. The highest BCUT2D eigenvalue weighted by molar-refractivity contribution is 6.00. The van der Waals surface area contributed by atoms with Crippen molar-refractivity contribution in [2.75, 3.05) is 13.1 Å². The summed E-state index contributed by atoms with van der Waals surface area (Å²) in [6.45, 7) is 1.40. The average Bonchev–Trinajstić information content (AvgIpc) is 3.05. The van der Waals surface area contributed by atoms with Crippen LogP contribution >= 0.6 is 0 Å². The normalized spacial score (nSPS) is 14.5. The lowest BCUT2D eigenvalue weighted by atomic mass is 9.92. The van der Waals surface area contributed by atoms with Crippen molar-refractivity contribution in [1.82, 2.24) is 15.0 Å². The quantitative estimate of drug-likeness (QED) is 0.746. The summed E-state index contributed by atoms with van der Waals surface area (Å²) in [6, 6.07) is 13.6. The minimum Gasteiger partial charge on any atom is -0.363 e. The highest BCUT2D eigenvalue weighted by Gasteiger charge is 2.34. The maximum absolute atomic E-state index is 12.7. The van der Waals surface area contributed by atoms with Gasteiger partial charge in [-0.3, -0.25) is 9.78 Å². The van der Waals surface area contributed by atoms with E-state index in [2.05, 4.69) is 10.1 Å². The molecule has 0 atom stereocenters. The SMILES string of the molecule is O=C(c1conc1-c1ccccc1)N1CC(c2cccnc2)C1. The number of hydrogen-bond acceptors (Lipinski definition) is 4. The minimum absolute atomic E-state index is 0.0368. The summed E-state index contributed by atoms with van der Waals surface area (Å²) >= 11 is 0. The zero-order chi connectivity index (χ0) is 15.6. The lowest BCUT2D eigenvalue weighted by Gasteiger charge is -2.39. The predicted molar refractivity (Wildman–Crippen MR) is 84.8 cm³/mol. The van der Waals surface area contributed by atoms with Gasteiger partial charge in [-0.05, 0) is 11.6 Å². The number of carbonyl (C=O) groups is 1. The van der Waals surface area contributed by atoms with Crippen LogP contribution in [0.1, 0.15) is 21.8 Å². The van der Waals surface area contributed by atoms with E-state index in [1.807, 2.05) is 53.6 Å². The molecule has 0 aliphatic carbocycles. The number of nitrogens with zero attached hydrogens (tertiary/aromatic N) is 3. The monoisotopic (exact) mass is 305 g/mol. The molecule has 3 aromatic rings. The molecule has 1 fully saturated rings. The van der Waals surface area contributed by atoms with Crippen molar-refractivity contribution in [3.63, 3.8) is 0 Å². The van der Waals surface area contributed by atoms with Gasteiger partial charge < -0.3 is 9.42 Å². The zero-order valence-electron chi connectivity index (χ0n) is 12.4. The third-order valence-corrected chi connectivity index (χ3v) is 4.17. The Morgan fingerprint density at radius 1 is 1.13 bits per heavy atom. The van der Waals surface area contributed by atoms with Crippen LogP contribution in [-0.2, 0) is 0 Å². The molecular weight excluding hydrogens is 290 g/mol. The predicted octanol–water partition coefficient (Wildman–Crippen LogP) is 2.98. The van der Waals surface area contributed by atoms with Crippen LogP contribution in [0.25, 0.3) is 11.3 Å². The Morgan fingerprint density at radius 3 is 2.70 bits per heavy atom. The maximum Gasteiger partial charge on any atom is 0.259 e. The molecule has 3 heterocycles. The summed E-state index contributed by atoms with van der Waals surface area (Å²) in [5.74, 6) is 0.318. The van der Waals surface area contributed by atoms with E-state index < -0.39 is 0 Å². The van der Waals surface area contributed by atoms with E-state index in [-0.39, 0.29) is 5.91 Å². The van der Waals surface area contributed by atoms with Crippen LogP contribution < -0.4 is 0 Å². The van der Waals surface area contributed by atoms with E-state index in [1.165, 1.54) is 11.8 Å². The van der Waals surface area contributed by atoms with Crippen molar-refractivity contribution in [2.45, 2.75) is 5.92 Å². The second-order valence-electron chi connectivity index (χ2n) is 5.64. The average molecular weight is 305 g/mol. The Labute approximate surface area is 133 Å². The van der Waals surface area contributed by atoms with Gasteiger partial charge >= 0.3 is 0 Å². The van der Waals surface area contributed by atoms with Crippen molar-refractivity contribution in [2.24, 2.45) is 0 Å². The van der Waals surface area contributed by atoms with Crippen molar-refractivity contribution in [1.29, 1.82) is 0 Å². The molecular formula is C18H15N3O2. The van der Waals surface area contributed by atoms with Crippen LogP contribution in [-0.4, -0.2) is 34.0 Å². The number of aromatic nitrogens is 2. The van der Waals surface area contributed by atoms with Crippen LogP contribution in [0.3, 0.4) is 0 Å². The lowest BCUT2D eigenvalue weighted by molar-refractivity contribution is 0.0602. The van der Waals surface area contributed by atoms with Gasteiger partial charge in [-0.15, -0.1) is 0 Å². The fourth-order valence-electron chi connectivity index (χ4n) is 2.84. The number of likely N-dealkylation sites (tertiary alicyclic amines) is 1. The van der Waals surface area contributed by atoms with Crippen LogP contribution in [0, 0.1) is 0 Å². The lowest BCUT2D eigenvalue weighted by Crippen LogP contribution is -2.48. The first-order valence-electron chi connectivity index (χ1n) is 7.52. The molecule has 1 aliphatic heterocycles. The molecule has 0 bridgehead atoms. The summed E-state index contributed by atoms with van der Waals surface area (Å²) in [5, 5.41) is 3.99. The number of carbonyl (C=O) groups excluding carboxylic acids is 1. The van der Waals surface area contributed by atoms with E-state index in [4.69, 9.17) is 4.52 Å². The van der Waals surface area contributed by atoms with E-state index >= 15 is 0 Å². The first kappa shape index (κ1) is 13.7. The molecule has 0 saturated carbocycles. The second-order valence-corrected chi connectivity index (χ2v) is 5.64. The first-order chi connectivity index (χ1) is 11.3. The Kier molecular flexibility index (Phi) is 3.38. The topological polar surface area (TPSA) is 59.2 Å². The summed E-state index contributed by atoms with van der Waals surface area (Å²) in [4.78, 5) is 18.6. The summed E-state index contributed by atoms with van der Waals surface area (Å²) < 4.78 is 5.04. The number of amides is 1. The van der Waals surface area contributed by atoms with Gasteiger partial charge in [-0.1, -0.05) is 41.6 Å². The van der Waals surface area contributed by atoms with Gasteiger partial charge in [-0.25, -0.2) is 0 Å². The molecule has 0 radical (unpaired) electrons. The fraction of sp³-hybridized carbons (Fsp3) is 0.167. The molecule has 2 aromatic heterocycles. The molecule has 1 aliphatic rings. The van der Waals surface area contributed by atoms with Crippen molar-refractivity contribution < 1.29 is 9.32 Å². The Bertz CT molecular complexity index is 809. The maximum atomic E-state index is 12.7. The third kappa shape index (κ3) is 2.50. The first-order valence-corrected chi connectivity index (χ1v) is 7.52. The standard InChI is InChI=1S/C18H15N3O2/c22-18(21-10-15(11-21)14-7-4-8-19-9-14)16-12-23-20-17(16)13-5-2-1-3-6-13/h1-9,12,15H,10-11H2. The van der Waals surface area contributed by atoms with Gasteiger partial charge in [-0.2, -0.15) is 0 Å².